The van der Waals surface area contributed by atoms with Crippen LogP contribution in [0.1, 0.15) is 25.5 Å². The van der Waals surface area contributed by atoms with E-state index in [2.05, 4.69) is 10.6 Å². The van der Waals surface area contributed by atoms with Crippen molar-refractivity contribution in [2.24, 2.45) is 0 Å². The molecule has 2 amide bonds. The van der Waals surface area contributed by atoms with Crippen LogP contribution < -0.4 is 15.4 Å². The lowest BCUT2D eigenvalue weighted by Gasteiger charge is -2.21. The summed E-state index contributed by atoms with van der Waals surface area (Å²) >= 11 is 5.89. The molecule has 0 saturated carbocycles. The van der Waals surface area contributed by atoms with E-state index in [1.165, 1.54) is 0 Å². The van der Waals surface area contributed by atoms with Crippen molar-refractivity contribution in [2.75, 3.05) is 32.1 Å². The number of carbonyl (C=O) groups is 2. The molecule has 0 radical (unpaired) electrons. The minimum absolute atomic E-state index is 0.130. The first-order chi connectivity index (χ1) is 13.4. The molecule has 0 aliphatic heterocycles. The van der Waals surface area contributed by atoms with Gasteiger partial charge in [-0.1, -0.05) is 30.7 Å². The van der Waals surface area contributed by atoms with Gasteiger partial charge in [-0.2, -0.15) is 0 Å². The fourth-order valence-corrected chi connectivity index (χ4v) is 2.81. The van der Waals surface area contributed by atoms with Gasteiger partial charge in [0.1, 0.15) is 5.75 Å². The third-order valence-corrected chi connectivity index (χ3v) is 4.55. The Morgan fingerprint density at radius 2 is 1.64 bits per heavy atom. The van der Waals surface area contributed by atoms with Crippen LogP contribution in [0, 0.1) is 0 Å². The number of methoxy groups -OCH3 is 1. The smallest absolute Gasteiger partial charge is 0.238 e. The largest absolute Gasteiger partial charge is 0.497 e. The first-order valence-electron chi connectivity index (χ1n) is 9.12. The number of halogens is 1. The van der Waals surface area contributed by atoms with Crippen molar-refractivity contribution in [3.63, 3.8) is 0 Å². The number of nitrogens with zero attached hydrogens (tertiary/aromatic N) is 1. The summed E-state index contributed by atoms with van der Waals surface area (Å²) in [6, 6.07) is 14.3. The highest BCUT2D eigenvalue weighted by Crippen LogP contribution is 2.16. The lowest BCUT2D eigenvalue weighted by atomic mass is 10.1. The Hall–Kier alpha value is -2.57. The molecule has 150 valence electrons. The van der Waals surface area contributed by atoms with E-state index in [-0.39, 0.29) is 30.9 Å². The number of likely N-dealkylation sites (N-methyl/N-ethyl adjacent to an activating group) is 1. The van der Waals surface area contributed by atoms with Crippen molar-refractivity contribution in [3.05, 3.63) is 59.1 Å². The fourth-order valence-electron chi connectivity index (χ4n) is 2.68. The van der Waals surface area contributed by atoms with Gasteiger partial charge in [-0.15, -0.1) is 0 Å². The van der Waals surface area contributed by atoms with E-state index in [9.17, 15) is 9.59 Å². The summed E-state index contributed by atoms with van der Waals surface area (Å²) in [5.41, 5.74) is 1.65. The summed E-state index contributed by atoms with van der Waals surface area (Å²) in [7, 11) is 1.59. The van der Waals surface area contributed by atoms with Crippen molar-refractivity contribution in [3.8, 4) is 5.75 Å². The van der Waals surface area contributed by atoms with Gasteiger partial charge in [0.2, 0.25) is 11.8 Å². The van der Waals surface area contributed by atoms with Gasteiger partial charge in [0.05, 0.1) is 26.2 Å². The van der Waals surface area contributed by atoms with E-state index in [1.807, 2.05) is 26.0 Å². The molecule has 7 heteroatoms. The van der Waals surface area contributed by atoms with Gasteiger partial charge in [-0.05, 0) is 55.4 Å². The Morgan fingerprint density at radius 3 is 2.21 bits per heavy atom. The molecule has 0 heterocycles. The summed E-state index contributed by atoms with van der Waals surface area (Å²) in [5, 5.41) is 6.42. The molecule has 0 unspecified atom stereocenters. The minimum Gasteiger partial charge on any atom is -0.497 e. The van der Waals surface area contributed by atoms with E-state index in [0.717, 1.165) is 11.3 Å². The average Bonchev–Trinajstić information content (AvgIpc) is 2.68. The van der Waals surface area contributed by atoms with E-state index < -0.39 is 0 Å². The Kier molecular flexibility index (Phi) is 8.29. The summed E-state index contributed by atoms with van der Waals surface area (Å²) in [6.45, 7) is 4.68. The Labute approximate surface area is 170 Å². The second-order valence-electron chi connectivity index (χ2n) is 6.42. The molecular formula is C21H26ClN3O3. The number of hydrogen-bond donors (Lipinski definition) is 2. The molecular weight excluding hydrogens is 378 g/mol. The lowest BCUT2D eigenvalue weighted by molar-refractivity contribution is -0.123. The highest BCUT2D eigenvalue weighted by Gasteiger charge is 2.15. The van der Waals surface area contributed by atoms with Crippen LogP contribution in [0.5, 0.6) is 5.75 Å². The Bertz CT molecular complexity index is 778. The number of hydrogen-bond acceptors (Lipinski definition) is 4. The summed E-state index contributed by atoms with van der Waals surface area (Å²) in [4.78, 5) is 26.4. The summed E-state index contributed by atoms with van der Waals surface area (Å²) in [6.07, 6.45) is 0. The molecule has 0 bridgehead atoms. The molecule has 0 aliphatic rings. The number of carbonyl (C=O) groups excluding carboxylic acids is 2. The number of ether oxygens (including phenoxy) is 1. The zero-order chi connectivity index (χ0) is 20.5. The monoisotopic (exact) mass is 403 g/mol. The number of rotatable bonds is 9. The van der Waals surface area contributed by atoms with Gasteiger partial charge in [0.25, 0.3) is 0 Å². The van der Waals surface area contributed by atoms with Crippen molar-refractivity contribution < 1.29 is 14.3 Å². The molecule has 2 aromatic rings. The molecule has 0 fully saturated rings. The van der Waals surface area contributed by atoms with Crippen LogP contribution in [-0.4, -0.2) is 43.5 Å². The van der Waals surface area contributed by atoms with Crippen molar-refractivity contribution in [1.82, 2.24) is 10.2 Å². The second kappa shape index (κ2) is 10.7. The number of amides is 2. The Balaban J connectivity index is 1.83. The maximum Gasteiger partial charge on any atom is 0.238 e. The molecule has 6 nitrogen and oxygen atoms in total. The first-order valence-corrected chi connectivity index (χ1v) is 9.50. The standard InChI is InChI=1S/C21H26ClN3O3/c1-4-25(14-21(27)24-18-9-11-19(28-3)12-10-18)13-20(26)23-15(2)16-5-7-17(22)8-6-16/h5-12,15H,4,13-14H2,1-3H3,(H,23,26)(H,24,27)/t15-/m1/s1. The zero-order valence-corrected chi connectivity index (χ0v) is 17.1. The maximum atomic E-state index is 12.3. The predicted octanol–water partition coefficient (Wildman–Crippen LogP) is 3.49. The SMILES string of the molecule is CCN(CC(=O)Nc1ccc(OC)cc1)CC(=O)N[C@H](C)c1ccc(Cl)cc1. The van der Waals surface area contributed by atoms with Gasteiger partial charge in [0.15, 0.2) is 0 Å². The van der Waals surface area contributed by atoms with Crippen LogP contribution in [0.4, 0.5) is 5.69 Å². The molecule has 0 saturated heterocycles. The lowest BCUT2D eigenvalue weighted by Crippen LogP contribution is -2.41. The fraction of sp³-hybridized carbons (Fsp3) is 0.333. The third-order valence-electron chi connectivity index (χ3n) is 4.30. The van der Waals surface area contributed by atoms with Crippen LogP contribution in [0.25, 0.3) is 0 Å². The number of anilines is 1. The van der Waals surface area contributed by atoms with Crippen molar-refractivity contribution >= 4 is 29.1 Å². The van der Waals surface area contributed by atoms with Crippen LogP contribution in [0.15, 0.2) is 48.5 Å². The summed E-state index contributed by atoms with van der Waals surface area (Å²) < 4.78 is 5.10. The molecule has 2 aromatic carbocycles. The molecule has 0 spiro atoms. The second-order valence-corrected chi connectivity index (χ2v) is 6.86. The van der Waals surface area contributed by atoms with E-state index >= 15 is 0 Å². The van der Waals surface area contributed by atoms with Gasteiger partial charge in [-0.3, -0.25) is 14.5 Å². The molecule has 28 heavy (non-hydrogen) atoms. The maximum absolute atomic E-state index is 12.3. The van der Waals surface area contributed by atoms with Crippen molar-refractivity contribution in [2.45, 2.75) is 19.9 Å². The van der Waals surface area contributed by atoms with Crippen LogP contribution in [0.3, 0.4) is 0 Å². The van der Waals surface area contributed by atoms with Gasteiger partial charge in [0, 0.05) is 10.7 Å². The van der Waals surface area contributed by atoms with Crippen LogP contribution >= 0.6 is 11.6 Å². The zero-order valence-electron chi connectivity index (χ0n) is 16.4. The van der Waals surface area contributed by atoms with Crippen molar-refractivity contribution in [1.29, 1.82) is 0 Å². The van der Waals surface area contributed by atoms with Crippen LogP contribution in [0.2, 0.25) is 5.02 Å². The van der Waals surface area contributed by atoms with E-state index in [0.29, 0.717) is 17.3 Å². The number of nitrogens with one attached hydrogen (secondary N) is 2. The molecule has 2 rings (SSSR count). The van der Waals surface area contributed by atoms with Gasteiger partial charge in [-0.25, -0.2) is 0 Å². The molecule has 2 N–H and O–H groups in total. The van der Waals surface area contributed by atoms with E-state index in [4.69, 9.17) is 16.3 Å². The molecule has 0 aliphatic carbocycles. The first kappa shape index (κ1) is 21.7. The minimum atomic E-state index is -0.175. The van der Waals surface area contributed by atoms with Gasteiger partial charge < -0.3 is 15.4 Å². The third kappa shape index (κ3) is 6.87. The normalized spacial score (nSPS) is 11.8. The highest BCUT2D eigenvalue weighted by atomic mass is 35.5. The Morgan fingerprint density at radius 1 is 1.04 bits per heavy atom. The van der Waals surface area contributed by atoms with E-state index in [1.54, 1.807) is 48.4 Å². The highest BCUT2D eigenvalue weighted by molar-refractivity contribution is 6.30. The quantitative estimate of drug-likeness (QED) is 0.672. The molecule has 0 aromatic heterocycles. The number of benzene rings is 2. The van der Waals surface area contributed by atoms with Gasteiger partial charge >= 0.3 is 0 Å². The average molecular weight is 404 g/mol. The topological polar surface area (TPSA) is 70.7 Å². The van der Waals surface area contributed by atoms with Crippen LogP contribution in [-0.2, 0) is 9.59 Å². The molecule has 1 atom stereocenters. The summed E-state index contributed by atoms with van der Waals surface area (Å²) in [5.74, 6) is 0.409. The predicted molar refractivity (Wildman–Crippen MR) is 112 cm³/mol.